The Hall–Kier alpha value is -1.45. The summed E-state index contributed by atoms with van der Waals surface area (Å²) in [5.41, 5.74) is 0. The van der Waals surface area contributed by atoms with Gasteiger partial charge in [-0.05, 0) is 60.5 Å². The number of rotatable bonds is 12. The third-order valence-electron chi connectivity index (χ3n) is 5.56. The summed E-state index contributed by atoms with van der Waals surface area (Å²) in [7, 11) is -7.04. The molecule has 5 aromatic rings. The molecule has 0 N–H and O–H groups in total. The Morgan fingerprint density at radius 3 is 1.82 bits per heavy atom. The Balaban J connectivity index is 1.72. The summed E-state index contributed by atoms with van der Waals surface area (Å²) in [6.45, 7) is 4.12. The predicted molar refractivity (Wildman–Crippen MR) is 165 cm³/mol. The minimum atomic E-state index is -3.95. The van der Waals surface area contributed by atoms with E-state index in [-0.39, 0.29) is 23.8 Å². The van der Waals surface area contributed by atoms with E-state index in [1.807, 2.05) is 60.1 Å². The van der Waals surface area contributed by atoms with Gasteiger partial charge in [0.25, 0.3) is 0 Å². The van der Waals surface area contributed by atoms with Gasteiger partial charge in [-0.1, -0.05) is 25.5 Å². The molecule has 1 atom stereocenters. The molecule has 0 fully saturated rings. The molecule has 5 nitrogen and oxygen atoms in total. The van der Waals surface area contributed by atoms with Crippen LogP contribution in [0.25, 0.3) is 39.0 Å². The molecule has 38 heavy (non-hydrogen) atoms. The summed E-state index contributed by atoms with van der Waals surface area (Å²) in [5, 5.41) is 4.25. The summed E-state index contributed by atoms with van der Waals surface area (Å²) < 4.78 is 51.9. The second-order valence-corrected chi connectivity index (χ2v) is 16.1. The van der Waals surface area contributed by atoms with Crippen LogP contribution in [0.2, 0.25) is 0 Å². The Kier molecular flexibility index (Phi) is 9.15. The van der Waals surface area contributed by atoms with Gasteiger partial charge in [0.1, 0.15) is 10.6 Å². The quantitative estimate of drug-likeness (QED) is 0.100. The van der Waals surface area contributed by atoms with Crippen LogP contribution in [0.4, 0.5) is 0 Å². The van der Waals surface area contributed by atoms with E-state index >= 15 is 0 Å². The molecule has 0 aliphatic rings. The van der Waals surface area contributed by atoms with Crippen LogP contribution in [0.15, 0.2) is 59.3 Å². The van der Waals surface area contributed by atoms with Gasteiger partial charge in [0.2, 0.25) is 0 Å². The maximum absolute atomic E-state index is 14.4. The van der Waals surface area contributed by atoms with Crippen LogP contribution >= 0.6 is 72.0 Å². The maximum atomic E-state index is 14.4. The van der Waals surface area contributed by atoms with Crippen molar-refractivity contribution in [1.82, 2.24) is 0 Å². The maximum Gasteiger partial charge on any atom is 0.364 e. The van der Waals surface area contributed by atoms with Gasteiger partial charge in [-0.3, -0.25) is 4.57 Å². The van der Waals surface area contributed by atoms with E-state index in [9.17, 15) is 13.7 Å². The first-order valence-corrected chi connectivity index (χ1v) is 18.9. The van der Waals surface area contributed by atoms with Crippen LogP contribution in [0.3, 0.4) is 0 Å². The first-order chi connectivity index (χ1) is 18.4. The van der Waals surface area contributed by atoms with Crippen molar-refractivity contribution in [1.29, 1.82) is 0 Å². The lowest BCUT2D eigenvalue weighted by atomic mass is 10.3. The normalized spacial score (nSPS) is 13.1. The van der Waals surface area contributed by atoms with Gasteiger partial charge in [-0.25, -0.2) is 9.13 Å². The number of hydrogen-bond donors (Lipinski definition) is 0. The highest BCUT2D eigenvalue weighted by Gasteiger charge is 2.40. The molecular formula is C26H24O5P2S5. The Morgan fingerprint density at radius 1 is 0.737 bits per heavy atom. The van der Waals surface area contributed by atoms with Gasteiger partial charge in [-0.2, -0.15) is 0 Å². The molecule has 0 aromatic carbocycles. The van der Waals surface area contributed by atoms with Crippen LogP contribution in [0.5, 0.6) is 0 Å². The summed E-state index contributed by atoms with van der Waals surface area (Å²) in [5.74, 6) is 0. The molecule has 0 radical (unpaired) electrons. The van der Waals surface area contributed by atoms with Crippen molar-refractivity contribution in [2.75, 3.05) is 13.2 Å². The van der Waals surface area contributed by atoms with E-state index in [0.29, 0.717) is 16.2 Å². The molecule has 198 valence electrons. The highest BCUT2D eigenvalue weighted by atomic mass is 32.1. The lowest BCUT2D eigenvalue weighted by Crippen LogP contribution is -2.23. The van der Waals surface area contributed by atoms with Crippen molar-refractivity contribution in [2.45, 2.75) is 26.7 Å². The van der Waals surface area contributed by atoms with Crippen molar-refractivity contribution in [2.24, 2.45) is 0 Å². The van der Waals surface area contributed by atoms with E-state index < -0.39 is 15.3 Å². The molecular weight excluding hydrogens is 615 g/mol. The zero-order chi connectivity index (χ0) is 26.7. The number of hydrogen-bond acceptors (Lipinski definition) is 10. The van der Waals surface area contributed by atoms with Gasteiger partial charge in [-0.15, -0.1) is 56.7 Å². The largest absolute Gasteiger partial charge is 0.364 e. The summed E-state index contributed by atoms with van der Waals surface area (Å²) in [6, 6.07) is 16.0. The molecule has 0 bridgehead atoms. The Labute approximate surface area is 242 Å². The molecule has 0 aliphatic heterocycles. The third kappa shape index (κ3) is 5.71. The van der Waals surface area contributed by atoms with Crippen LogP contribution in [0, 0.1) is 0 Å². The van der Waals surface area contributed by atoms with Gasteiger partial charge in [0.15, 0.2) is 0 Å². The number of unbranched alkanes of at least 4 members (excludes halogenated alkanes) is 1. The average molecular weight is 639 g/mol. The molecule has 0 spiro atoms. The summed E-state index contributed by atoms with van der Waals surface area (Å²) >= 11 is 7.70. The fraction of sp³-hybridized carbons (Fsp3) is 0.231. The SMILES string of the molecule is CCCCOP(=O)(OCC)c1c(-c2ccc(-c3cccs3)s2)sc(-c2ccc(-c3cccs3)s2)c1P(=O)=O. The minimum Gasteiger partial charge on any atom is -0.305 e. The van der Waals surface area contributed by atoms with Crippen LogP contribution in [-0.2, 0) is 22.7 Å². The second-order valence-electron chi connectivity index (χ2n) is 8.10. The highest BCUT2D eigenvalue weighted by Crippen LogP contribution is 2.54. The molecule has 5 rings (SSSR count). The minimum absolute atomic E-state index is 0.0407. The van der Waals surface area contributed by atoms with E-state index in [1.54, 1.807) is 40.9 Å². The topological polar surface area (TPSA) is 69.7 Å². The fourth-order valence-electron chi connectivity index (χ4n) is 3.86. The lowest BCUT2D eigenvalue weighted by Gasteiger charge is -2.19. The van der Waals surface area contributed by atoms with Crippen molar-refractivity contribution < 1.29 is 22.7 Å². The van der Waals surface area contributed by atoms with E-state index in [0.717, 1.165) is 35.7 Å². The molecule has 5 aromatic heterocycles. The van der Waals surface area contributed by atoms with Crippen LogP contribution in [0.1, 0.15) is 26.7 Å². The fourth-order valence-corrected chi connectivity index (χ4v) is 13.0. The second kappa shape index (κ2) is 12.4. The molecule has 0 aliphatic carbocycles. The smallest absolute Gasteiger partial charge is 0.305 e. The average Bonchev–Trinajstić information content (AvgIpc) is 3.73. The summed E-state index contributed by atoms with van der Waals surface area (Å²) in [6.07, 6.45) is 1.55. The molecule has 0 saturated heterocycles. The molecule has 0 amide bonds. The van der Waals surface area contributed by atoms with E-state index in [2.05, 4.69) is 6.07 Å². The third-order valence-corrected chi connectivity index (χ3v) is 14.8. The van der Waals surface area contributed by atoms with Crippen LogP contribution in [-0.4, -0.2) is 13.2 Å². The zero-order valence-electron chi connectivity index (χ0n) is 20.6. The molecule has 1 unspecified atom stereocenters. The first kappa shape index (κ1) is 28.1. The lowest BCUT2D eigenvalue weighted by molar-refractivity contribution is 0.218. The van der Waals surface area contributed by atoms with Crippen molar-refractivity contribution in [3.05, 3.63) is 59.3 Å². The van der Waals surface area contributed by atoms with Gasteiger partial charge in [0, 0.05) is 29.3 Å². The summed E-state index contributed by atoms with van der Waals surface area (Å²) in [4.78, 5) is 7.22. The van der Waals surface area contributed by atoms with Crippen LogP contribution < -0.4 is 10.6 Å². The highest BCUT2D eigenvalue weighted by molar-refractivity contribution is 7.66. The molecule has 0 saturated carbocycles. The van der Waals surface area contributed by atoms with Crippen molar-refractivity contribution in [3.8, 4) is 39.0 Å². The van der Waals surface area contributed by atoms with E-state index in [4.69, 9.17) is 9.05 Å². The van der Waals surface area contributed by atoms with Gasteiger partial charge in [0.05, 0.1) is 23.0 Å². The molecule has 12 heteroatoms. The van der Waals surface area contributed by atoms with Gasteiger partial charge < -0.3 is 9.05 Å². The first-order valence-electron chi connectivity index (χ1n) is 11.9. The number of thiophene rings is 5. The van der Waals surface area contributed by atoms with Crippen molar-refractivity contribution >= 4 is 82.6 Å². The van der Waals surface area contributed by atoms with Gasteiger partial charge >= 0.3 is 15.3 Å². The Morgan fingerprint density at radius 2 is 1.32 bits per heavy atom. The Bertz CT molecular complexity index is 1620. The van der Waals surface area contributed by atoms with E-state index in [1.165, 1.54) is 22.7 Å². The standard InChI is InChI=1S/C26H24O5P2S5/c1-3-5-14-31-33(29,30-4-2)24-23(32(27)28)25(21-12-10-19(36-21)17-8-6-15-34-17)38-26(24)22-13-11-20(37-22)18-9-7-16-35-18/h6-13,15-16H,3-5,14H2,1-2H3. The monoisotopic (exact) mass is 638 g/mol. The molecule has 5 heterocycles. The van der Waals surface area contributed by atoms with Crippen molar-refractivity contribution in [3.63, 3.8) is 0 Å². The zero-order valence-corrected chi connectivity index (χ0v) is 26.5. The predicted octanol–water partition coefficient (Wildman–Crippen LogP) is 10.1.